The van der Waals surface area contributed by atoms with E-state index in [0.717, 1.165) is 25.1 Å². The van der Waals surface area contributed by atoms with Crippen molar-refractivity contribution in [3.8, 4) is 0 Å². The second kappa shape index (κ2) is 6.75. The summed E-state index contributed by atoms with van der Waals surface area (Å²) in [5, 5.41) is 10.5. The van der Waals surface area contributed by atoms with Crippen molar-refractivity contribution in [2.45, 2.75) is 32.4 Å². The molecule has 0 bridgehead atoms. The molecule has 0 radical (unpaired) electrons. The fourth-order valence-electron chi connectivity index (χ4n) is 2.82. The number of rotatable bonds is 4. The maximum Gasteiger partial charge on any atom is 0.241 e. The lowest BCUT2D eigenvalue weighted by atomic mass is 9.94. The molecule has 2 atom stereocenters. The van der Waals surface area contributed by atoms with E-state index in [1.54, 1.807) is 6.20 Å². The van der Waals surface area contributed by atoms with Crippen LogP contribution >= 0.6 is 0 Å². The summed E-state index contributed by atoms with van der Waals surface area (Å²) < 4.78 is 1.84. The first kappa shape index (κ1) is 14.8. The molecule has 1 aliphatic rings. The number of amides is 1. The predicted octanol–water partition coefficient (Wildman–Crippen LogP) is 2.26. The Labute approximate surface area is 130 Å². The zero-order valence-electron chi connectivity index (χ0n) is 12.8. The molecule has 0 saturated carbocycles. The largest absolute Gasteiger partial charge is 0.322 e. The van der Waals surface area contributed by atoms with Gasteiger partial charge < -0.3 is 10.6 Å². The summed E-state index contributed by atoms with van der Waals surface area (Å²) in [5.74, 6) is 0.628. The maximum atomic E-state index is 12.3. The zero-order chi connectivity index (χ0) is 15.4. The van der Waals surface area contributed by atoms with E-state index in [2.05, 4.69) is 34.8 Å². The minimum absolute atomic E-state index is 0.0332. The highest BCUT2D eigenvalue weighted by molar-refractivity contribution is 5.94. The summed E-state index contributed by atoms with van der Waals surface area (Å²) in [5.41, 5.74) is 1.94. The first-order valence-corrected chi connectivity index (χ1v) is 7.81. The summed E-state index contributed by atoms with van der Waals surface area (Å²) in [6.07, 6.45) is 5.60. The van der Waals surface area contributed by atoms with Gasteiger partial charge in [-0.15, -0.1) is 0 Å². The van der Waals surface area contributed by atoms with Gasteiger partial charge in [-0.25, -0.2) is 0 Å². The van der Waals surface area contributed by atoms with Crippen LogP contribution in [0.2, 0.25) is 0 Å². The fraction of sp³-hybridized carbons (Fsp3) is 0.412. The molecule has 1 saturated heterocycles. The van der Waals surface area contributed by atoms with Gasteiger partial charge in [0.15, 0.2) is 0 Å². The first-order valence-electron chi connectivity index (χ1n) is 7.81. The number of piperidine rings is 1. The Kier molecular flexibility index (Phi) is 4.53. The molecule has 0 aliphatic carbocycles. The van der Waals surface area contributed by atoms with Crippen LogP contribution in [0.1, 0.15) is 25.3 Å². The third-order valence-electron chi connectivity index (χ3n) is 4.07. The van der Waals surface area contributed by atoms with Crippen molar-refractivity contribution in [3.05, 3.63) is 48.3 Å². The van der Waals surface area contributed by atoms with E-state index >= 15 is 0 Å². The van der Waals surface area contributed by atoms with E-state index in [-0.39, 0.29) is 11.9 Å². The smallest absolute Gasteiger partial charge is 0.241 e. The molecule has 2 N–H and O–H groups in total. The number of benzene rings is 1. The molecule has 1 fully saturated rings. The number of carbonyl (C=O) groups excluding carboxylic acids is 1. The molecule has 5 nitrogen and oxygen atoms in total. The summed E-state index contributed by atoms with van der Waals surface area (Å²) in [6.45, 7) is 3.81. The van der Waals surface area contributed by atoms with Gasteiger partial charge in [-0.2, -0.15) is 5.10 Å². The van der Waals surface area contributed by atoms with Gasteiger partial charge in [-0.1, -0.05) is 37.3 Å². The Balaban J connectivity index is 1.58. The van der Waals surface area contributed by atoms with E-state index < -0.39 is 0 Å². The number of aromatic nitrogens is 2. The van der Waals surface area contributed by atoms with Gasteiger partial charge in [0.2, 0.25) is 5.91 Å². The number of carbonyl (C=O) groups is 1. The standard InChI is InChI=1S/C17H22N4O/c1-13-7-8-18-16(9-13)17(22)20-15-10-19-21(12-15)11-14-5-3-2-4-6-14/h2-6,10,12-13,16,18H,7-9,11H2,1H3,(H,20,22). The molecule has 1 aromatic carbocycles. The molecule has 3 rings (SSSR count). The van der Waals surface area contributed by atoms with Gasteiger partial charge in [0.05, 0.1) is 24.5 Å². The van der Waals surface area contributed by atoms with Crippen LogP contribution in [0.3, 0.4) is 0 Å². The predicted molar refractivity (Wildman–Crippen MR) is 86.6 cm³/mol. The van der Waals surface area contributed by atoms with E-state index in [9.17, 15) is 4.79 Å². The monoisotopic (exact) mass is 298 g/mol. The molecule has 0 spiro atoms. The van der Waals surface area contributed by atoms with Crippen molar-refractivity contribution in [1.82, 2.24) is 15.1 Å². The quantitative estimate of drug-likeness (QED) is 0.910. The number of nitrogens with zero attached hydrogens (tertiary/aromatic N) is 2. The fourth-order valence-corrected chi connectivity index (χ4v) is 2.82. The molecule has 1 aliphatic heterocycles. The summed E-state index contributed by atoms with van der Waals surface area (Å²) in [4.78, 5) is 12.3. The van der Waals surface area contributed by atoms with Crippen molar-refractivity contribution in [2.75, 3.05) is 11.9 Å². The van der Waals surface area contributed by atoms with Crippen LogP contribution in [0.15, 0.2) is 42.7 Å². The average molecular weight is 298 g/mol. The number of anilines is 1. The molecule has 2 aromatic rings. The molecule has 22 heavy (non-hydrogen) atoms. The summed E-state index contributed by atoms with van der Waals surface area (Å²) >= 11 is 0. The minimum Gasteiger partial charge on any atom is -0.322 e. The molecule has 1 amide bonds. The maximum absolute atomic E-state index is 12.3. The zero-order valence-corrected chi connectivity index (χ0v) is 12.8. The van der Waals surface area contributed by atoms with Crippen molar-refractivity contribution in [3.63, 3.8) is 0 Å². The van der Waals surface area contributed by atoms with Crippen LogP contribution in [-0.4, -0.2) is 28.3 Å². The van der Waals surface area contributed by atoms with Crippen LogP contribution in [0.4, 0.5) is 5.69 Å². The van der Waals surface area contributed by atoms with Crippen molar-refractivity contribution in [2.24, 2.45) is 5.92 Å². The average Bonchev–Trinajstić information content (AvgIpc) is 2.95. The minimum atomic E-state index is -0.0961. The highest BCUT2D eigenvalue weighted by atomic mass is 16.2. The Bertz CT molecular complexity index is 623. The van der Waals surface area contributed by atoms with Gasteiger partial charge in [0, 0.05) is 6.20 Å². The number of hydrogen-bond acceptors (Lipinski definition) is 3. The SMILES string of the molecule is CC1CCNC(C(=O)Nc2cnn(Cc3ccccc3)c2)C1. The molecule has 5 heteroatoms. The van der Waals surface area contributed by atoms with E-state index in [4.69, 9.17) is 0 Å². The van der Waals surface area contributed by atoms with Gasteiger partial charge in [-0.05, 0) is 30.9 Å². The number of hydrogen-bond donors (Lipinski definition) is 2. The van der Waals surface area contributed by atoms with Crippen molar-refractivity contribution in [1.29, 1.82) is 0 Å². The second-order valence-electron chi connectivity index (χ2n) is 6.04. The topological polar surface area (TPSA) is 59.0 Å². The van der Waals surface area contributed by atoms with Gasteiger partial charge in [-0.3, -0.25) is 9.48 Å². The van der Waals surface area contributed by atoms with Crippen LogP contribution in [0.5, 0.6) is 0 Å². The first-order chi connectivity index (χ1) is 10.7. The lowest BCUT2D eigenvalue weighted by Crippen LogP contribution is -2.45. The van der Waals surface area contributed by atoms with E-state index in [1.165, 1.54) is 5.56 Å². The van der Waals surface area contributed by atoms with Crippen LogP contribution in [0, 0.1) is 5.92 Å². The molecule has 2 unspecified atom stereocenters. The van der Waals surface area contributed by atoms with Gasteiger partial charge in [0.25, 0.3) is 0 Å². The normalized spacial score (nSPS) is 21.5. The summed E-state index contributed by atoms with van der Waals surface area (Å²) in [6, 6.07) is 10.0. The Morgan fingerprint density at radius 2 is 2.23 bits per heavy atom. The third-order valence-corrected chi connectivity index (χ3v) is 4.07. The van der Waals surface area contributed by atoms with Crippen LogP contribution in [-0.2, 0) is 11.3 Å². The van der Waals surface area contributed by atoms with E-state index in [0.29, 0.717) is 12.5 Å². The lowest BCUT2D eigenvalue weighted by Gasteiger charge is -2.26. The van der Waals surface area contributed by atoms with Crippen LogP contribution < -0.4 is 10.6 Å². The lowest BCUT2D eigenvalue weighted by molar-refractivity contribution is -0.119. The van der Waals surface area contributed by atoms with E-state index in [1.807, 2.05) is 29.1 Å². The van der Waals surface area contributed by atoms with Crippen molar-refractivity contribution < 1.29 is 4.79 Å². The molecule has 2 heterocycles. The molecule has 116 valence electrons. The molecule has 1 aromatic heterocycles. The Morgan fingerprint density at radius 3 is 3.00 bits per heavy atom. The molecular formula is C17H22N4O. The van der Waals surface area contributed by atoms with Crippen LogP contribution in [0.25, 0.3) is 0 Å². The highest BCUT2D eigenvalue weighted by Gasteiger charge is 2.24. The van der Waals surface area contributed by atoms with Gasteiger partial charge in [0.1, 0.15) is 0 Å². The Hall–Kier alpha value is -2.14. The molecular weight excluding hydrogens is 276 g/mol. The Morgan fingerprint density at radius 1 is 1.41 bits per heavy atom. The second-order valence-corrected chi connectivity index (χ2v) is 6.04. The summed E-state index contributed by atoms with van der Waals surface area (Å²) in [7, 11) is 0. The van der Waals surface area contributed by atoms with Gasteiger partial charge >= 0.3 is 0 Å². The number of nitrogens with one attached hydrogen (secondary N) is 2. The van der Waals surface area contributed by atoms with Crippen molar-refractivity contribution >= 4 is 11.6 Å². The third kappa shape index (κ3) is 3.74. The highest BCUT2D eigenvalue weighted by Crippen LogP contribution is 2.16.